The van der Waals surface area contributed by atoms with Gasteiger partial charge in [-0.2, -0.15) is 0 Å². The zero-order chi connectivity index (χ0) is 18.0. The van der Waals surface area contributed by atoms with E-state index >= 15 is 0 Å². The number of nitrogens with zero attached hydrogens (tertiary/aromatic N) is 1. The Morgan fingerprint density at radius 3 is 2.40 bits per heavy atom. The first-order chi connectivity index (χ1) is 12.0. The van der Waals surface area contributed by atoms with Crippen molar-refractivity contribution < 1.29 is 9.59 Å². The molecule has 0 unspecified atom stereocenters. The molecule has 3 N–H and O–H groups in total. The Bertz CT molecular complexity index is 780. The highest BCUT2D eigenvalue weighted by atomic mass is 35.5. The van der Waals surface area contributed by atoms with Gasteiger partial charge in [-0.05, 0) is 36.8 Å². The first-order valence-electron chi connectivity index (χ1n) is 7.78. The van der Waals surface area contributed by atoms with Crippen molar-refractivity contribution in [3.63, 3.8) is 0 Å². The molecule has 25 heavy (non-hydrogen) atoms. The Morgan fingerprint density at radius 2 is 1.80 bits per heavy atom. The van der Waals surface area contributed by atoms with E-state index in [1.54, 1.807) is 29.2 Å². The van der Waals surface area contributed by atoms with Crippen molar-refractivity contribution in [3.05, 3.63) is 70.2 Å². The number of aryl methyl sites for hydroxylation is 1. The molecule has 0 saturated carbocycles. The lowest BCUT2D eigenvalue weighted by atomic mass is 10.1. The number of hydrogen-bond donors (Lipinski definition) is 2. The van der Waals surface area contributed by atoms with Gasteiger partial charge in [0.2, 0.25) is 0 Å². The summed E-state index contributed by atoms with van der Waals surface area (Å²) >= 11 is 7.49. The van der Waals surface area contributed by atoms with E-state index in [2.05, 4.69) is 5.43 Å². The van der Waals surface area contributed by atoms with Gasteiger partial charge in [-0.25, -0.2) is 5.84 Å². The minimum atomic E-state index is -0.621. The number of carbonyl (C=O) groups is 2. The second kappa shape index (κ2) is 7.47. The summed E-state index contributed by atoms with van der Waals surface area (Å²) < 4.78 is 0. The van der Waals surface area contributed by atoms with E-state index in [1.165, 1.54) is 11.8 Å². The van der Waals surface area contributed by atoms with Crippen LogP contribution in [0.4, 0.5) is 0 Å². The molecule has 0 radical (unpaired) electrons. The Morgan fingerprint density at radius 1 is 1.16 bits per heavy atom. The average molecular weight is 376 g/mol. The van der Waals surface area contributed by atoms with E-state index in [-0.39, 0.29) is 17.2 Å². The van der Waals surface area contributed by atoms with Crippen molar-refractivity contribution in [2.24, 2.45) is 5.84 Å². The van der Waals surface area contributed by atoms with Gasteiger partial charge in [0.1, 0.15) is 11.4 Å². The molecule has 130 valence electrons. The van der Waals surface area contributed by atoms with Gasteiger partial charge in [0.15, 0.2) is 0 Å². The molecule has 0 bridgehead atoms. The summed E-state index contributed by atoms with van der Waals surface area (Å²) in [6.45, 7) is 1.96. The minimum Gasteiger partial charge on any atom is -0.310 e. The Balaban J connectivity index is 1.97. The lowest BCUT2D eigenvalue weighted by Gasteiger charge is -2.29. The molecule has 2 aromatic carbocycles. The van der Waals surface area contributed by atoms with Gasteiger partial charge in [0, 0.05) is 16.3 Å². The maximum atomic E-state index is 13.1. The fourth-order valence-corrected chi connectivity index (χ4v) is 4.34. The molecule has 2 amide bonds. The van der Waals surface area contributed by atoms with Gasteiger partial charge in [0.25, 0.3) is 11.8 Å². The molecule has 2 atom stereocenters. The molecule has 1 aliphatic heterocycles. The van der Waals surface area contributed by atoms with E-state index in [1.807, 2.05) is 31.2 Å². The molecule has 3 rings (SSSR count). The minimum absolute atomic E-state index is 0.196. The molecule has 0 aliphatic carbocycles. The van der Waals surface area contributed by atoms with E-state index in [4.69, 9.17) is 17.4 Å². The molecule has 1 aliphatic rings. The number of nitrogens with one attached hydrogen (secondary N) is 1. The number of rotatable bonds is 3. The van der Waals surface area contributed by atoms with E-state index < -0.39 is 6.04 Å². The molecule has 1 heterocycles. The lowest BCUT2D eigenvalue weighted by molar-refractivity contribution is -0.124. The second-order valence-electron chi connectivity index (χ2n) is 5.84. The summed E-state index contributed by atoms with van der Waals surface area (Å²) in [4.78, 5) is 26.9. The predicted molar refractivity (Wildman–Crippen MR) is 100 cm³/mol. The highest BCUT2D eigenvalue weighted by molar-refractivity contribution is 7.99. The highest BCUT2D eigenvalue weighted by Gasteiger charge is 2.42. The summed E-state index contributed by atoms with van der Waals surface area (Å²) in [7, 11) is 0. The summed E-state index contributed by atoms with van der Waals surface area (Å²) in [6.07, 6.45) is 0. The number of thioether (sulfide) groups is 1. The van der Waals surface area contributed by atoms with Crippen LogP contribution in [0.5, 0.6) is 0 Å². The van der Waals surface area contributed by atoms with E-state index in [9.17, 15) is 9.59 Å². The summed E-state index contributed by atoms with van der Waals surface area (Å²) in [5.74, 6) is 5.23. The summed E-state index contributed by atoms with van der Waals surface area (Å²) in [5.41, 5.74) is 4.70. The molecule has 2 aromatic rings. The average Bonchev–Trinajstić information content (AvgIpc) is 3.06. The first-order valence-corrected chi connectivity index (χ1v) is 9.21. The normalized spacial score (nSPS) is 19.7. The predicted octanol–water partition coefficient (Wildman–Crippen LogP) is 2.89. The second-order valence-corrected chi connectivity index (χ2v) is 7.39. The van der Waals surface area contributed by atoms with Gasteiger partial charge >= 0.3 is 0 Å². The van der Waals surface area contributed by atoms with Crippen LogP contribution in [0, 0.1) is 6.92 Å². The van der Waals surface area contributed by atoms with Crippen molar-refractivity contribution >= 4 is 35.2 Å². The fourth-order valence-electron chi connectivity index (χ4n) is 2.78. The molecule has 0 aromatic heterocycles. The highest BCUT2D eigenvalue weighted by Crippen LogP contribution is 2.42. The zero-order valence-corrected chi connectivity index (χ0v) is 15.2. The fraction of sp³-hybridized carbons (Fsp3) is 0.222. The van der Waals surface area contributed by atoms with E-state index in [0.717, 1.165) is 11.1 Å². The Labute approximate surface area is 155 Å². The summed E-state index contributed by atoms with van der Waals surface area (Å²) in [6, 6.07) is 14.0. The van der Waals surface area contributed by atoms with Gasteiger partial charge in [0.05, 0.1) is 0 Å². The van der Waals surface area contributed by atoms with Gasteiger partial charge in [-0.3, -0.25) is 15.0 Å². The number of hydrazine groups is 1. The number of amides is 2. The molecule has 5 nitrogen and oxygen atoms in total. The van der Waals surface area contributed by atoms with Crippen molar-refractivity contribution in [3.8, 4) is 0 Å². The summed E-state index contributed by atoms with van der Waals surface area (Å²) in [5, 5.41) is 0.354. The van der Waals surface area contributed by atoms with Crippen molar-refractivity contribution in [1.82, 2.24) is 10.3 Å². The largest absolute Gasteiger partial charge is 0.310 e. The maximum Gasteiger partial charge on any atom is 0.257 e. The third-order valence-electron chi connectivity index (χ3n) is 4.13. The number of hydrogen-bond acceptors (Lipinski definition) is 4. The molecular weight excluding hydrogens is 358 g/mol. The van der Waals surface area contributed by atoms with Gasteiger partial charge in [-0.1, -0.05) is 41.4 Å². The number of nitrogens with two attached hydrogens (primary N) is 1. The standard InChI is InChI=1S/C18H18ClN3O2S/c1-11-2-4-12(5-3-11)17(24)22-15(16(23)21-20)10-25-18(22)13-6-8-14(19)9-7-13/h2-9,15,18H,10,20H2,1H3,(H,21,23)/t15-,18-/m1/s1. The van der Waals surface area contributed by atoms with Crippen LogP contribution in [0.3, 0.4) is 0 Å². The van der Waals surface area contributed by atoms with E-state index in [0.29, 0.717) is 16.3 Å². The van der Waals surface area contributed by atoms with Crippen LogP contribution in [0.2, 0.25) is 5.02 Å². The quantitative estimate of drug-likeness (QED) is 0.491. The number of benzene rings is 2. The third-order valence-corrected chi connectivity index (χ3v) is 5.71. The molecule has 1 fully saturated rings. The molecule has 7 heteroatoms. The van der Waals surface area contributed by atoms with Crippen LogP contribution in [0.25, 0.3) is 0 Å². The monoisotopic (exact) mass is 375 g/mol. The van der Waals surface area contributed by atoms with Gasteiger partial charge < -0.3 is 4.90 Å². The SMILES string of the molecule is Cc1ccc(C(=O)N2[C@@H](C(=O)NN)CS[C@@H]2c2ccc(Cl)cc2)cc1. The van der Waals surface area contributed by atoms with Crippen LogP contribution in [-0.4, -0.2) is 28.5 Å². The Hall–Kier alpha value is -2.02. The van der Waals surface area contributed by atoms with Crippen molar-refractivity contribution in [2.75, 3.05) is 5.75 Å². The first kappa shape index (κ1) is 17.8. The Kier molecular flexibility index (Phi) is 5.32. The molecular formula is C18H18ClN3O2S. The third kappa shape index (κ3) is 3.66. The smallest absolute Gasteiger partial charge is 0.257 e. The zero-order valence-electron chi connectivity index (χ0n) is 13.6. The lowest BCUT2D eigenvalue weighted by Crippen LogP contribution is -2.49. The van der Waals surface area contributed by atoms with Crippen LogP contribution < -0.4 is 11.3 Å². The van der Waals surface area contributed by atoms with Gasteiger partial charge in [-0.15, -0.1) is 11.8 Å². The van der Waals surface area contributed by atoms with Crippen LogP contribution in [0.1, 0.15) is 26.9 Å². The molecule has 0 spiro atoms. The molecule has 1 saturated heterocycles. The van der Waals surface area contributed by atoms with Crippen molar-refractivity contribution in [2.45, 2.75) is 18.3 Å². The maximum absolute atomic E-state index is 13.1. The van der Waals surface area contributed by atoms with Crippen LogP contribution in [-0.2, 0) is 4.79 Å². The van der Waals surface area contributed by atoms with Crippen molar-refractivity contribution in [1.29, 1.82) is 0 Å². The van der Waals surface area contributed by atoms with Crippen LogP contribution >= 0.6 is 23.4 Å². The number of carbonyl (C=O) groups excluding carboxylic acids is 2. The number of halogens is 1. The topological polar surface area (TPSA) is 75.4 Å². The van der Waals surface area contributed by atoms with Crippen LogP contribution in [0.15, 0.2) is 48.5 Å².